The maximum atomic E-state index is 13.4. The molecule has 0 radical (unpaired) electrons. The molecule has 1 aliphatic heterocycles. The fraction of sp³-hybridized carbons (Fsp3) is 0.375. The number of anilines is 1. The zero-order chi connectivity index (χ0) is 21.5. The molecule has 2 amide bonds. The van der Waals surface area contributed by atoms with Crippen molar-refractivity contribution in [3.8, 4) is 0 Å². The lowest BCUT2D eigenvalue weighted by molar-refractivity contribution is 0.0922. The Morgan fingerprint density at radius 3 is 2.14 bits per heavy atom. The summed E-state index contributed by atoms with van der Waals surface area (Å²) >= 11 is 5.70. The van der Waals surface area contributed by atoms with Crippen molar-refractivity contribution < 1.29 is 14.4 Å². The predicted molar refractivity (Wildman–Crippen MR) is 116 cm³/mol. The normalized spacial score (nSPS) is 13.6. The first-order chi connectivity index (χ1) is 13.7. The minimum Gasteiger partial charge on any atom is -0.276 e. The molecule has 0 saturated heterocycles. The third-order valence-corrected chi connectivity index (χ3v) is 5.65. The second-order valence-electron chi connectivity index (χ2n) is 8.08. The van der Waals surface area contributed by atoms with Crippen LogP contribution in [-0.4, -0.2) is 17.1 Å². The molecule has 2 aromatic rings. The van der Waals surface area contributed by atoms with Crippen molar-refractivity contribution in [1.82, 2.24) is 0 Å². The number of halogens is 1. The molecule has 0 atom stereocenters. The van der Waals surface area contributed by atoms with Gasteiger partial charge in [0.15, 0.2) is 0 Å². The van der Waals surface area contributed by atoms with Gasteiger partial charge in [0.25, 0.3) is 17.1 Å². The van der Waals surface area contributed by atoms with Gasteiger partial charge in [0.05, 0.1) is 16.8 Å². The molecule has 0 N–H and O–H groups in total. The van der Waals surface area contributed by atoms with Crippen LogP contribution in [0.5, 0.6) is 0 Å². The number of nitrogens with zero attached hydrogens (tertiary/aromatic N) is 1. The highest BCUT2D eigenvalue weighted by molar-refractivity contribution is 6.68. The molecule has 1 heterocycles. The van der Waals surface area contributed by atoms with E-state index in [0.717, 1.165) is 29.5 Å². The molecule has 2 aromatic carbocycles. The van der Waals surface area contributed by atoms with Crippen LogP contribution < -0.4 is 4.90 Å². The zero-order valence-corrected chi connectivity index (χ0v) is 18.3. The number of benzene rings is 2. The van der Waals surface area contributed by atoms with Crippen LogP contribution >= 0.6 is 11.6 Å². The third-order valence-electron chi connectivity index (χ3n) is 5.44. The Balaban J connectivity index is 2.32. The molecule has 0 saturated carbocycles. The fourth-order valence-corrected chi connectivity index (χ4v) is 4.26. The number of amides is 2. The van der Waals surface area contributed by atoms with Crippen LogP contribution in [0, 0.1) is 0 Å². The topological polar surface area (TPSA) is 54.5 Å². The van der Waals surface area contributed by atoms with Gasteiger partial charge in [-0.1, -0.05) is 59.2 Å². The molecule has 5 heteroatoms. The largest absolute Gasteiger partial charge is 0.276 e. The van der Waals surface area contributed by atoms with Gasteiger partial charge in [-0.2, -0.15) is 0 Å². The minimum atomic E-state index is -0.737. The van der Waals surface area contributed by atoms with E-state index in [1.165, 1.54) is 11.0 Å². The summed E-state index contributed by atoms with van der Waals surface area (Å²) in [6, 6.07) is 8.79. The van der Waals surface area contributed by atoms with E-state index < -0.39 is 17.1 Å². The smallest absolute Gasteiger partial charge is 0.266 e. The minimum absolute atomic E-state index is 0.0770. The molecule has 29 heavy (non-hydrogen) atoms. The summed E-state index contributed by atoms with van der Waals surface area (Å²) in [5, 5.41) is -0.737. The number of imide groups is 1. The molecule has 0 aromatic heterocycles. The van der Waals surface area contributed by atoms with Crippen molar-refractivity contribution in [2.24, 2.45) is 0 Å². The van der Waals surface area contributed by atoms with Gasteiger partial charge < -0.3 is 0 Å². The SMILES string of the molecule is CCCc1c(C(C)C)ccc(C(C)C)c1N1C(=O)c2cccc(C(=O)Cl)c2C1=O. The predicted octanol–water partition coefficient (Wildman–Crippen LogP) is 6.07. The van der Waals surface area contributed by atoms with Gasteiger partial charge in [0.2, 0.25) is 0 Å². The molecule has 4 nitrogen and oxygen atoms in total. The molecule has 0 spiro atoms. The number of fused-ring (bicyclic) bond motifs is 1. The summed E-state index contributed by atoms with van der Waals surface area (Å²) in [5.74, 6) is -0.494. The molecule has 152 valence electrons. The number of carbonyl (C=O) groups excluding carboxylic acids is 3. The van der Waals surface area contributed by atoms with Crippen LogP contribution in [0.1, 0.15) is 101 Å². The highest BCUT2D eigenvalue weighted by atomic mass is 35.5. The Labute approximate surface area is 176 Å². The Bertz CT molecular complexity index is 1010. The highest BCUT2D eigenvalue weighted by Gasteiger charge is 2.41. The van der Waals surface area contributed by atoms with E-state index in [2.05, 4.69) is 40.7 Å². The van der Waals surface area contributed by atoms with E-state index >= 15 is 0 Å². The van der Waals surface area contributed by atoms with Crippen molar-refractivity contribution in [3.05, 3.63) is 63.7 Å². The third kappa shape index (κ3) is 3.51. The maximum absolute atomic E-state index is 13.4. The molecule has 3 rings (SSSR count). The van der Waals surface area contributed by atoms with Crippen LogP contribution in [0.2, 0.25) is 0 Å². The lowest BCUT2D eigenvalue weighted by Crippen LogP contribution is -2.32. The molecule has 1 aliphatic rings. The first-order valence-electron chi connectivity index (χ1n) is 10.1. The van der Waals surface area contributed by atoms with E-state index in [9.17, 15) is 14.4 Å². The van der Waals surface area contributed by atoms with Gasteiger partial charge in [-0.3, -0.25) is 14.4 Å². The number of rotatable bonds is 6. The Morgan fingerprint density at radius 1 is 0.966 bits per heavy atom. The van der Waals surface area contributed by atoms with Crippen LogP contribution in [0.25, 0.3) is 0 Å². The fourth-order valence-electron chi connectivity index (χ4n) is 4.11. The summed E-state index contributed by atoms with van der Waals surface area (Å²) in [4.78, 5) is 39.9. The van der Waals surface area contributed by atoms with E-state index in [1.807, 2.05) is 6.07 Å². The highest BCUT2D eigenvalue weighted by Crippen LogP contribution is 2.41. The van der Waals surface area contributed by atoms with Crippen LogP contribution in [0.4, 0.5) is 5.69 Å². The van der Waals surface area contributed by atoms with Crippen molar-refractivity contribution in [2.45, 2.75) is 59.3 Å². The standard InChI is InChI=1S/C24H26ClNO3/c1-6-8-17-15(13(2)3)11-12-16(14(4)5)21(17)26-23(28)19-10-7-9-18(22(25)27)20(19)24(26)29/h7,9-14H,6,8H2,1-5H3. The summed E-state index contributed by atoms with van der Waals surface area (Å²) < 4.78 is 0. The van der Waals surface area contributed by atoms with Gasteiger partial charge in [0.1, 0.15) is 0 Å². The van der Waals surface area contributed by atoms with Crippen molar-refractivity contribution in [2.75, 3.05) is 4.90 Å². The Kier molecular flexibility index (Phi) is 5.95. The monoisotopic (exact) mass is 411 g/mol. The molecule has 0 fully saturated rings. The first-order valence-corrected chi connectivity index (χ1v) is 10.5. The van der Waals surface area contributed by atoms with Crippen molar-refractivity contribution in [1.29, 1.82) is 0 Å². The van der Waals surface area contributed by atoms with Gasteiger partial charge in [-0.05, 0) is 58.7 Å². The summed E-state index contributed by atoms with van der Waals surface area (Å²) in [6.07, 6.45) is 1.65. The van der Waals surface area contributed by atoms with E-state index in [-0.39, 0.29) is 28.5 Å². The summed E-state index contributed by atoms with van der Waals surface area (Å²) in [5.41, 5.74) is 4.20. The number of hydrogen-bond donors (Lipinski definition) is 0. The van der Waals surface area contributed by atoms with Gasteiger partial charge in [0, 0.05) is 5.56 Å². The van der Waals surface area contributed by atoms with Crippen LogP contribution in [0.3, 0.4) is 0 Å². The van der Waals surface area contributed by atoms with E-state index in [4.69, 9.17) is 11.6 Å². The maximum Gasteiger partial charge on any atom is 0.266 e. The molecular formula is C24H26ClNO3. The molecular weight excluding hydrogens is 386 g/mol. The molecule has 0 bridgehead atoms. The second kappa shape index (κ2) is 8.11. The molecule has 0 aliphatic carbocycles. The quantitative estimate of drug-likeness (QED) is 0.428. The lowest BCUT2D eigenvalue weighted by Gasteiger charge is -2.27. The van der Waals surface area contributed by atoms with Crippen molar-refractivity contribution >= 4 is 34.3 Å². The van der Waals surface area contributed by atoms with Crippen molar-refractivity contribution in [3.63, 3.8) is 0 Å². The van der Waals surface area contributed by atoms with Gasteiger partial charge >= 0.3 is 0 Å². The zero-order valence-electron chi connectivity index (χ0n) is 17.5. The average molecular weight is 412 g/mol. The Hall–Kier alpha value is -2.46. The van der Waals surface area contributed by atoms with Crippen LogP contribution in [-0.2, 0) is 6.42 Å². The number of carbonyl (C=O) groups is 3. The number of hydrogen-bond acceptors (Lipinski definition) is 3. The average Bonchev–Trinajstić information content (AvgIpc) is 2.92. The van der Waals surface area contributed by atoms with E-state index in [1.54, 1.807) is 12.1 Å². The summed E-state index contributed by atoms with van der Waals surface area (Å²) in [6.45, 7) is 10.4. The second-order valence-corrected chi connectivity index (χ2v) is 8.42. The first kappa shape index (κ1) is 21.3. The van der Waals surface area contributed by atoms with E-state index in [0.29, 0.717) is 5.69 Å². The lowest BCUT2D eigenvalue weighted by atomic mass is 9.87. The van der Waals surface area contributed by atoms with Crippen LogP contribution in [0.15, 0.2) is 30.3 Å². The summed E-state index contributed by atoms with van der Waals surface area (Å²) in [7, 11) is 0. The molecule has 0 unspecified atom stereocenters. The Morgan fingerprint density at radius 2 is 1.59 bits per heavy atom. The van der Waals surface area contributed by atoms with Gasteiger partial charge in [-0.15, -0.1) is 0 Å². The van der Waals surface area contributed by atoms with Gasteiger partial charge in [-0.25, -0.2) is 4.90 Å².